The van der Waals surface area contributed by atoms with Gasteiger partial charge < -0.3 is 8.83 Å². The number of rotatable bonds is 0. The maximum Gasteiger partial charge on any atom is 0.355 e. The molecule has 0 saturated carbocycles. The molecule has 0 radical (unpaired) electrons. The van der Waals surface area contributed by atoms with Crippen LogP contribution in [0.5, 0.6) is 0 Å². The van der Waals surface area contributed by atoms with Gasteiger partial charge in [-0.05, 0) is 32.4 Å². The van der Waals surface area contributed by atoms with Crippen LogP contribution in [-0.4, -0.2) is 0 Å². The summed E-state index contributed by atoms with van der Waals surface area (Å²) >= 11 is 12.2. The summed E-state index contributed by atoms with van der Waals surface area (Å²) in [4.78, 5) is 11.7. The van der Waals surface area contributed by atoms with Crippen molar-refractivity contribution in [2.75, 3.05) is 0 Å². The molecule has 2 aromatic heterocycles. The Morgan fingerprint density at radius 1 is 0.895 bits per heavy atom. The zero-order valence-electron chi connectivity index (χ0n) is 10.6. The monoisotopic (exact) mass is 296 g/mol. The van der Waals surface area contributed by atoms with Gasteiger partial charge in [-0.1, -0.05) is 23.2 Å². The Labute approximate surface area is 118 Å². The maximum atomic E-state index is 11.7. The first-order valence-electron chi connectivity index (χ1n) is 5.73. The van der Waals surface area contributed by atoms with Crippen LogP contribution in [0.15, 0.2) is 19.7 Å². The van der Waals surface area contributed by atoms with E-state index in [0.29, 0.717) is 27.5 Å². The SMILES string of the molecule is Cc1oc2c(C)c3oc(=O)c(Cl)c(C)c3cc2c1Cl. The van der Waals surface area contributed by atoms with E-state index in [-0.39, 0.29) is 5.02 Å². The van der Waals surface area contributed by atoms with Gasteiger partial charge in [0.25, 0.3) is 0 Å². The zero-order chi connectivity index (χ0) is 13.9. The molecule has 3 aromatic rings. The van der Waals surface area contributed by atoms with Gasteiger partial charge in [-0.3, -0.25) is 0 Å². The van der Waals surface area contributed by atoms with Crippen molar-refractivity contribution in [3.8, 4) is 0 Å². The first-order chi connectivity index (χ1) is 8.91. The summed E-state index contributed by atoms with van der Waals surface area (Å²) in [6, 6.07) is 1.85. The van der Waals surface area contributed by atoms with Gasteiger partial charge in [-0.15, -0.1) is 0 Å². The molecule has 2 heterocycles. The maximum absolute atomic E-state index is 11.7. The molecule has 3 nitrogen and oxygen atoms in total. The lowest BCUT2D eigenvalue weighted by molar-refractivity contribution is 0.552. The summed E-state index contributed by atoms with van der Waals surface area (Å²) in [5, 5.41) is 2.25. The van der Waals surface area contributed by atoms with Crippen LogP contribution >= 0.6 is 23.2 Å². The number of furan rings is 1. The normalized spacial score (nSPS) is 11.6. The summed E-state index contributed by atoms with van der Waals surface area (Å²) in [7, 11) is 0. The molecule has 0 aliphatic carbocycles. The number of fused-ring (bicyclic) bond motifs is 2. The van der Waals surface area contributed by atoms with Crippen LogP contribution in [0.1, 0.15) is 16.9 Å². The Morgan fingerprint density at radius 3 is 2.21 bits per heavy atom. The van der Waals surface area contributed by atoms with Crippen molar-refractivity contribution in [3.05, 3.63) is 43.4 Å². The lowest BCUT2D eigenvalue weighted by atomic mass is 10.0. The van der Waals surface area contributed by atoms with Crippen LogP contribution in [0.2, 0.25) is 10.0 Å². The predicted octanol–water partition coefficient (Wildman–Crippen LogP) is 4.77. The van der Waals surface area contributed by atoms with E-state index in [1.54, 1.807) is 13.8 Å². The summed E-state index contributed by atoms with van der Waals surface area (Å²) in [6.07, 6.45) is 0. The van der Waals surface area contributed by atoms with E-state index in [0.717, 1.165) is 16.3 Å². The molecule has 0 N–H and O–H groups in total. The zero-order valence-corrected chi connectivity index (χ0v) is 12.1. The molecule has 0 aliphatic rings. The number of halogens is 2. The number of benzene rings is 1. The van der Waals surface area contributed by atoms with Gasteiger partial charge >= 0.3 is 5.63 Å². The Morgan fingerprint density at radius 2 is 1.53 bits per heavy atom. The van der Waals surface area contributed by atoms with E-state index in [4.69, 9.17) is 32.0 Å². The molecule has 0 bridgehead atoms. The average molecular weight is 297 g/mol. The van der Waals surface area contributed by atoms with Crippen molar-refractivity contribution >= 4 is 45.1 Å². The first kappa shape index (κ1) is 12.6. The van der Waals surface area contributed by atoms with Crippen LogP contribution in [0.3, 0.4) is 0 Å². The lowest BCUT2D eigenvalue weighted by Crippen LogP contribution is -2.02. The van der Waals surface area contributed by atoms with Gasteiger partial charge in [0.15, 0.2) is 0 Å². The van der Waals surface area contributed by atoms with Crippen LogP contribution in [0.4, 0.5) is 0 Å². The summed E-state index contributed by atoms with van der Waals surface area (Å²) in [5.74, 6) is 0.640. The second-order valence-electron chi connectivity index (χ2n) is 4.56. The minimum absolute atomic E-state index is 0.0996. The van der Waals surface area contributed by atoms with Crippen molar-refractivity contribution in [2.24, 2.45) is 0 Å². The Balaban J connectivity index is 2.65. The third-order valence-electron chi connectivity index (χ3n) is 3.37. The summed E-state index contributed by atoms with van der Waals surface area (Å²) in [5.41, 5.74) is 2.03. The minimum atomic E-state index is -0.538. The largest absolute Gasteiger partial charge is 0.459 e. The summed E-state index contributed by atoms with van der Waals surface area (Å²) in [6.45, 7) is 5.41. The predicted molar refractivity (Wildman–Crippen MR) is 76.5 cm³/mol. The Hall–Kier alpha value is -1.45. The highest BCUT2D eigenvalue weighted by molar-refractivity contribution is 6.36. The van der Waals surface area contributed by atoms with Crippen LogP contribution in [0, 0.1) is 20.8 Å². The molecule has 5 heteroatoms. The Kier molecular flexibility index (Phi) is 2.66. The van der Waals surface area contributed by atoms with E-state index in [9.17, 15) is 4.79 Å². The van der Waals surface area contributed by atoms with Crippen molar-refractivity contribution in [1.29, 1.82) is 0 Å². The number of hydrogen-bond acceptors (Lipinski definition) is 3. The molecule has 1 aromatic carbocycles. The highest BCUT2D eigenvalue weighted by atomic mass is 35.5. The topological polar surface area (TPSA) is 43.4 Å². The van der Waals surface area contributed by atoms with E-state index < -0.39 is 5.63 Å². The van der Waals surface area contributed by atoms with Crippen LogP contribution in [-0.2, 0) is 0 Å². The quantitative estimate of drug-likeness (QED) is 0.561. The van der Waals surface area contributed by atoms with Crippen molar-refractivity contribution in [1.82, 2.24) is 0 Å². The van der Waals surface area contributed by atoms with Gasteiger partial charge in [0.1, 0.15) is 21.9 Å². The van der Waals surface area contributed by atoms with E-state index in [1.165, 1.54) is 0 Å². The lowest BCUT2D eigenvalue weighted by Gasteiger charge is -2.05. The molecule has 0 saturated heterocycles. The van der Waals surface area contributed by atoms with Crippen LogP contribution < -0.4 is 5.63 Å². The highest BCUT2D eigenvalue weighted by Crippen LogP contribution is 2.37. The molecule has 0 fully saturated rings. The van der Waals surface area contributed by atoms with Gasteiger partial charge in [0.2, 0.25) is 0 Å². The molecule has 0 spiro atoms. The van der Waals surface area contributed by atoms with Crippen molar-refractivity contribution in [3.63, 3.8) is 0 Å². The van der Waals surface area contributed by atoms with E-state index in [1.807, 2.05) is 13.0 Å². The second kappa shape index (κ2) is 4.02. The summed E-state index contributed by atoms with van der Waals surface area (Å²) < 4.78 is 10.9. The molecular weight excluding hydrogens is 287 g/mol. The molecule has 3 rings (SSSR count). The second-order valence-corrected chi connectivity index (χ2v) is 5.31. The standard InChI is InChI=1S/C14H10Cl2O3/c1-5-8-4-9-11(16)7(3)18-13(9)6(2)12(8)19-14(17)10(5)15/h4H,1-3H3. The minimum Gasteiger partial charge on any atom is -0.459 e. The van der Waals surface area contributed by atoms with Crippen molar-refractivity contribution < 1.29 is 8.83 Å². The fourth-order valence-corrected chi connectivity index (χ4v) is 2.60. The molecule has 98 valence electrons. The third-order valence-corrected chi connectivity index (χ3v) is 4.27. The molecule has 19 heavy (non-hydrogen) atoms. The Bertz CT molecular complexity index is 887. The highest BCUT2D eigenvalue weighted by Gasteiger charge is 2.18. The van der Waals surface area contributed by atoms with Gasteiger partial charge in [-0.2, -0.15) is 0 Å². The van der Waals surface area contributed by atoms with Gasteiger partial charge in [0.05, 0.1) is 5.02 Å². The average Bonchev–Trinajstić information content (AvgIpc) is 2.66. The number of aryl methyl sites for hydroxylation is 3. The van der Waals surface area contributed by atoms with Gasteiger partial charge in [0, 0.05) is 16.3 Å². The van der Waals surface area contributed by atoms with Gasteiger partial charge in [-0.25, -0.2) is 4.79 Å². The molecule has 0 aliphatic heterocycles. The molecule has 0 atom stereocenters. The first-order valence-corrected chi connectivity index (χ1v) is 6.48. The molecular formula is C14H10Cl2O3. The van der Waals surface area contributed by atoms with E-state index in [2.05, 4.69) is 0 Å². The smallest absolute Gasteiger partial charge is 0.355 e. The molecule has 0 amide bonds. The fraction of sp³-hybridized carbons (Fsp3) is 0.214. The number of hydrogen-bond donors (Lipinski definition) is 0. The van der Waals surface area contributed by atoms with E-state index >= 15 is 0 Å². The van der Waals surface area contributed by atoms with Crippen LogP contribution in [0.25, 0.3) is 21.9 Å². The third kappa shape index (κ3) is 1.62. The fourth-order valence-electron chi connectivity index (χ4n) is 2.28. The van der Waals surface area contributed by atoms with Crippen molar-refractivity contribution in [2.45, 2.75) is 20.8 Å². The molecule has 0 unspecified atom stereocenters.